The van der Waals surface area contributed by atoms with Crippen molar-refractivity contribution in [3.05, 3.63) is 0 Å². The van der Waals surface area contributed by atoms with E-state index in [1.54, 1.807) is 7.11 Å². The maximum Gasteiger partial charge on any atom is 0.191 e. The normalized spacial score (nSPS) is 34.3. The number of hydrogen-bond acceptors (Lipinski definition) is 2. The zero-order valence-electron chi connectivity index (χ0n) is 12.0. The Balaban J connectivity index is 0.00000162. The van der Waals surface area contributed by atoms with E-state index >= 15 is 0 Å². The van der Waals surface area contributed by atoms with Crippen LogP contribution in [-0.2, 0) is 4.74 Å². The van der Waals surface area contributed by atoms with Gasteiger partial charge in [-0.1, -0.05) is 13.8 Å². The van der Waals surface area contributed by atoms with Crippen molar-refractivity contribution in [3.63, 3.8) is 0 Å². The Hall–Kier alpha value is -0.0400. The highest BCUT2D eigenvalue weighted by Gasteiger charge is 2.58. The molecule has 2 N–H and O–H groups in total. The van der Waals surface area contributed by atoms with Crippen molar-refractivity contribution < 1.29 is 4.74 Å². The Morgan fingerprint density at radius 1 is 1.22 bits per heavy atom. The molecule has 2 atom stereocenters. The zero-order chi connectivity index (χ0) is 12.7. The van der Waals surface area contributed by atoms with Crippen molar-refractivity contribution in [2.75, 3.05) is 14.2 Å². The molecule has 2 rings (SSSR count). The Labute approximate surface area is 127 Å². The van der Waals surface area contributed by atoms with E-state index in [-0.39, 0.29) is 35.0 Å². The van der Waals surface area contributed by atoms with Crippen LogP contribution in [0.25, 0.3) is 0 Å². The third-order valence-corrected chi connectivity index (χ3v) is 4.73. The van der Waals surface area contributed by atoms with Crippen molar-refractivity contribution in [1.82, 2.24) is 10.6 Å². The number of nitrogens with zero attached hydrogens (tertiary/aromatic N) is 1. The molecular weight excluding hydrogens is 341 g/mol. The van der Waals surface area contributed by atoms with Crippen LogP contribution in [-0.4, -0.2) is 37.8 Å². The number of hydrogen-bond donors (Lipinski definition) is 2. The molecule has 0 amide bonds. The Morgan fingerprint density at radius 3 is 2.22 bits per heavy atom. The van der Waals surface area contributed by atoms with Crippen LogP contribution in [0, 0.1) is 5.41 Å². The second-order valence-corrected chi connectivity index (χ2v) is 6.05. The zero-order valence-corrected chi connectivity index (χ0v) is 14.4. The van der Waals surface area contributed by atoms with Gasteiger partial charge in [0.05, 0.1) is 5.60 Å². The van der Waals surface area contributed by atoms with Crippen LogP contribution in [0.5, 0.6) is 0 Å². The molecule has 106 valence electrons. The van der Waals surface area contributed by atoms with Gasteiger partial charge in [0.2, 0.25) is 0 Å². The summed E-state index contributed by atoms with van der Waals surface area (Å²) in [5.74, 6) is 0.934. The SMILES string of the molecule is CN=C(NC1CC1)NC1CC(C)(OC)C1(C)C.I. The predicted octanol–water partition coefficient (Wildman–Crippen LogP) is 2.14. The number of rotatable bonds is 3. The summed E-state index contributed by atoms with van der Waals surface area (Å²) in [5.41, 5.74) is 0.103. The largest absolute Gasteiger partial charge is 0.378 e. The molecule has 0 heterocycles. The fourth-order valence-corrected chi connectivity index (χ4v) is 2.48. The molecule has 0 aromatic rings. The molecule has 0 aromatic carbocycles. The Morgan fingerprint density at radius 2 is 1.83 bits per heavy atom. The number of ether oxygens (including phenoxy) is 1. The van der Waals surface area contributed by atoms with Gasteiger partial charge >= 0.3 is 0 Å². The number of aliphatic imine (C=N–C) groups is 1. The first kappa shape index (κ1) is 16.0. The predicted molar refractivity (Wildman–Crippen MR) is 85.7 cm³/mol. The van der Waals surface area contributed by atoms with Crippen molar-refractivity contribution in [2.45, 2.75) is 57.7 Å². The van der Waals surface area contributed by atoms with E-state index in [4.69, 9.17) is 4.74 Å². The molecule has 2 fully saturated rings. The van der Waals surface area contributed by atoms with E-state index in [2.05, 4.69) is 36.4 Å². The van der Waals surface area contributed by atoms with Crippen molar-refractivity contribution in [1.29, 1.82) is 0 Å². The van der Waals surface area contributed by atoms with Gasteiger partial charge in [-0.05, 0) is 26.2 Å². The van der Waals surface area contributed by atoms with Crippen LogP contribution in [0.2, 0.25) is 0 Å². The van der Waals surface area contributed by atoms with Gasteiger partial charge in [0.25, 0.3) is 0 Å². The molecule has 2 unspecified atom stereocenters. The van der Waals surface area contributed by atoms with E-state index in [9.17, 15) is 0 Å². The Kier molecular flexibility index (Phi) is 4.92. The number of halogens is 1. The third-order valence-electron chi connectivity index (χ3n) is 4.73. The second kappa shape index (κ2) is 5.53. The van der Waals surface area contributed by atoms with Crippen LogP contribution < -0.4 is 10.6 Å². The topological polar surface area (TPSA) is 45.7 Å². The van der Waals surface area contributed by atoms with Crippen molar-refractivity contribution >= 4 is 29.9 Å². The maximum atomic E-state index is 5.63. The van der Waals surface area contributed by atoms with Gasteiger partial charge in [-0.25, -0.2) is 0 Å². The van der Waals surface area contributed by atoms with Gasteiger partial charge in [-0.3, -0.25) is 4.99 Å². The van der Waals surface area contributed by atoms with E-state index in [1.165, 1.54) is 12.8 Å². The minimum absolute atomic E-state index is 0. The van der Waals surface area contributed by atoms with E-state index in [1.807, 2.05) is 7.05 Å². The highest BCUT2D eigenvalue weighted by Crippen LogP contribution is 2.51. The molecule has 2 aliphatic carbocycles. The summed E-state index contributed by atoms with van der Waals surface area (Å²) in [6.07, 6.45) is 3.57. The van der Waals surface area contributed by atoms with Gasteiger partial charge < -0.3 is 15.4 Å². The molecule has 0 saturated heterocycles. The minimum Gasteiger partial charge on any atom is -0.378 e. The van der Waals surface area contributed by atoms with Crippen LogP contribution in [0.3, 0.4) is 0 Å². The van der Waals surface area contributed by atoms with Gasteiger partial charge in [0.1, 0.15) is 0 Å². The van der Waals surface area contributed by atoms with Gasteiger partial charge in [0.15, 0.2) is 5.96 Å². The fraction of sp³-hybridized carbons (Fsp3) is 0.923. The monoisotopic (exact) mass is 367 g/mol. The lowest BCUT2D eigenvalue weighted by Crippen LogP contribution is -2.69. The van der Waals surface area contributed by atoms with Gasteiger partial charge in [-0.2, -0.15) is 0 Å². The summed E-state index contributed by atoms with van der Waals surface area (Å²) in [5, 5.41) is 6.93. The van der Waals surface area contributed by atoms with Gasteiger partial charge in [-0.15, -0.1) is 24.0 Å². The van der Waals surface area contributed by atoms with Crippen molar-refractivity contribution in [2.24, 2.45) is 10.4 Å². The Bertz CT molecular complexity index is 328. The smallest absolute Gasteiger partial charge is 0.191 e. The summed E-state index contributed by atoms with van der Waals surface area (Å²) in [6, 6.07) is 1.07. The summed E-state index contributed by atoms with van der Waals surface area (Å²) in [4.78, 5) is 4.28. The number of nitrogens with one attached hydrogen (secondary N) is 2. The molecule has 0 aliphatic heterocycles. The number of guanidine groups is 1. The first-order valence-electron chi connectivity index (χ1n) is 6.48. The summed E-state index contributed by atoms with van der Waals surface area (Å²) >= 11 is 0. The number of methoxy groups -OCH3 is 1. The van der Waals surface area contributed by atoms with Crippen LogP contribution in [0.1, 0.15) is 40.0 Å². The lowest BCUT2D eigenvalue weighted by molar-refractivity contribution is -0.176. The molecule has 5 heteroatoms. The van der Waals surface area contributed by atoms with Crippen molar-refractivity contribution in [3.8, 4) is 0 Å². The molecule has 0 spiro atoms. The van der Waals surface area contributed by atoms with E-state index < -0.39 is 0 Å². The minimum atomic E-state index is -0.0247. The van der Waals surface area contributed by atoms with Gasteiger partial charge in [0, 0.05) is 31.7 Å². The average molecular weight is 367 g/mol. The fourth-order valence-electron chi connectivity index (χ4n) is 2.48. The molecule has 0 radical (unpaired) electrons. The summed E-state index contributed by atoms with van der Waals surface area (Å²) < 4.78 is 5.63. The first-order valence-corrected chi connectivity index (χ1v) is 6.48. The average Bonchev–Trinajstić information content (AvgIpc) is 3.10. The van der Waals surface area contributed by atoms with Crippen LogP contribution in [0.15, 0.2) is 4.99 Å². The molecular formula is C13H26IN3O. The highest BCUT2D eigenvalue weighted by molar-refractivity contribution is 14.0. The molecule has 0 aromatic heterocycles. The molecule has 0 bridgehead atoms. The molecule has 2 saturated carbocycles. The van der Waals surface area contributed by atoms with Crippen LogP contribution in [0.4, 0.5) is 0 Å². The standard InChI is InChI=1S/C13H25N3O.HI/c1-12(2)10(8-13(12,3)17-5)16-11(14-4)15-9-6-7-9;/h9-10H,6-8H2,1-5H3,(H2,14,15,16);1H. The van der Waals surface area contributed by atoms with E-state index in [0.717, 1.165) is 12.4 Å². The summed E-state index contributed by atoms with van der Waals surface area (Å²) in [7, 11) is 3.63. The molecule has 4 nitrogen and oxygen atoms in total. The lowest BCUT2D eigenvalue weighted by Gasteiger charge is -2.59. The maximum absolute atomic E-state index is 5.63. The van der Waals surface area contributed by atoms with E-state index in [0.29, 0.717) is 12.1 Å². The molecule has 18 heavy (non-hydrogen) atoms. The highest BCUT2D eigenvalue weighted by atomic mass is 127. The first-order chi connectivity index (χ1) is 7.93. The third kappa shape index (κ3) is 2.76. The lowest BCUT2D eigenvalue weighted by atomic mass is 9.56. The quantitative estimate of drug-likeness (QED) is 0.457. The van der Waals surface area contributed by atoms with Crippen LogP contribution >= 0.6 is 24.0 Å². The molecule has 2 aliphatic rings. The summed E-state index contributed by atoms with van der Waals surface area (Å²) in [6.45, 7) is 6.69. The second-order valence-electron chi connectivity index (χ2n) is 6.05.